The third-order valence-corrected chi connectivity index (χ3v) is 3.78. The maximum atomic E-state index is 5.35. The van der Waals surface area contributed by atoms with Gasteiger partial charge in [-0.25, -0.2) is 0 Å². The fourth-order valence-corrected chi connectivity index (χ4v) is 2.77. The molecular formula is C11H16N2O. The molecule has 2 aliphatic rings. The minimum Gasteiger partial charge on any atom is -0.361 e. The average Bonchev–Trinajstić information content (AvgIpc) is 2.70. The van der Waals surface area contributed by atoms with Gasteiger partial charge in [-0.3, -0.25) is 0 Å². The van der Waals surface area contributed by atoms with Crippen LogP contribution >= 0.6 is 0 Å². The van der Waals surface area contributed by atoms with Gasteiger partial charge in [-0.2, -0.15) is 0 Å². The van der Waals surface area contributed by atoms with Crippen LogP contribution < -0.4 is 5.32 Å². The second-order valence-corrected chi connectivity index (χ2v) is 4.74. The van der Waals surface area contributed by atoms with Crippen molar-refractivity contribution in [2.45, 2.75) is 32.1 Å². The molecular weight excluding hydrogens is 176 g/mol. The molecule has 3 heteroatoms. The summed E-state index contributed by atoms with van der Waals surface area (Å²) < 4.78 is 5.35. The summed E-state index contributed by atoms with van der Waals surface area (Å²) in [4.78, 5) is 0. The van der Waals surface area contributed by atoms with Gasteiger partial charge in [-0.15, -0.1) is 0 Å². The average molecular weight is 192 g/mol. The second-order valence-electron chi connectivity index (χ2n) is 4.74. The molecule has 3 nitrogen and oxygen atoms in total. The van der Waals surface area contributed by atoms with Crippen molar-refractivity contribution in [1.82, 2.24) is 10.5 Å². The molecule has 1 aliphatic carbocycles. The van der Waals surface area contributed by atoms with Crippen LogP contribution in [-0.2, 0) is 0 Å². The molecule has 1 saturated carbocycles. The van der Waals surface area contributed by atoms with Gasteiger partial charge in [-0.05, 0) is 44.7 Å². The first-order valence-electron chi connectivity index (χ1n) is 5.44. The molecule has 0 amide bonds. The molecule has 1 atom stereocenters. The molecule has 1 N–H and O–H groups in total. The number of hydrogen-bond acceptors (Lipinski definition) is 3. The van der Waals surface area contributed by atoms with E-state index in [9.17, 15) is 0 Å². The molecule has 0 bridgehead atoms. The summed E-state index contributed by atoms with van der Waals surface area (Å²) in [5.41, 5.74) is 1.58. The first-order chi connectivity index (χ1) is 6.80. The Labute approximate surface area is 83.9 Å². The Morgan fingerprint density at radius 2 is 2.29 bits per heavy atom. The Bertz CT molecular complexity index is 339. The predicted molar refractivity (Wildman–Crippen MR) is 53.1 cm³/mol. The SMILES string of the molecule is Cc1cc(C2CC23CCNCC3)on1. The Balaban J connectivity index is 1.77. The molecule has 1 spiro atoms. The summed E-state index contributed by atoms with van der Waals surface area (Å²) in [7, 11) is 0. The highest BCUT2D eigenvalue weighted by atomic mass is 16.5. The summed E-state index contributed by atoms with van der Waals surface area (Å²) in [5.74, 6) is 1.77. The first-order valence-corrected chi connectivity index (χ1v) is 5.44. The van der Waals surface area contributed by atoms with E-state index in [4.69, 9.17) is 4.52 Å². The van der Waals surface area contributed by atoms with Crippen LogP contribution in [-0.4, -0.2) is 18.2 Å². The number of piperidine rings is 1. The fourth-order valence-electron chi connectivity index (χ4n) is 2.77. The van der Waals surface area contributed by atoms with Crippen LogP contribution in [0.5, 0.6) is 0 Å². The van der Waals surface area contributed by atoms with Gasteiger partial charge < -0.3 is 9.84 Å². The molecule has 14 heavy (non-hydrogen) atoms. The molecule has 0 radical (unpaired) electrons. The van der Waals surface area contributed by atoms with Crippen molar-refractivity contribution >= 4 is 0 Å². The number of hydrogen-bond donors (Lipinski definition) is 1. The predicted octanol–water partition coefficient (Wildman–Crippen LogP) is 1.84. The summed E-state index contributed by atoms with van der Waals surface area (Å²) in [6.07, 6.45) is 3.91. The van der Waals surface area contributed by atoms with Crippen molar-refractivity contribution in [2.24, 2.45) is 5.41 Å². The van der Waals surface area contributed by atoms with Gasteiger partial charge >= 0.3 is 0 Å². The topological polar surface area (TPSA) is 38.1 Å². The zero-order valence-corrected chi connectivity index (χ0v) is 8.55. The van der Waals surface area contributed by atoms with Crippen molar-refractivity contribution < 1.29 is 4.52 Å². The van der Waals surface area contributed by atoms with Gasteiger partial charge in [0, 0.05) is 12.0 Å². The Morgan fingerprint density at radius 3 is 2.93 bits per heavy atom. The summed E-state index contributed by atoms with van der Waals surface area (Å²) in [5, 5.41) is 7.38. The van der Waals surface area contributed by atoms with Gasteiger partial charge in [0.15, 0.2) is 0 Å². The number of rotatable bonds is 1. The zero-order valence-electron chi connectivity index (χ0n) is 8.55. The molecule has 76 valence electrons. The summed E-state index contributed by atoms with van der Waals surface area (Å²) in [6.45, 7) is 4.33. The maximum Gasteiger partial charge on any atom is 0.140 e. The molecule has 1 aromatic rings. The van der Waals surface area contributed by atoms with Crippen LogP contribution in [0.1, 0.15) is 36.6 Å². The molecule has 2 fully saturated rings. The fraction of sp³-hybridized carbons (Fsp3) is 0.727. The van der Waals surface area contributed by atoms with Gasteiger partial charge in [-0.1, -0.05) is 5.16 Å². The highest BCUT2D eigenvalue weighted by molar-refractivity contribution is 5.23. The maximum absolute atomic E-state index is 5.35. The van der Waals surface area contributed by atoms with E-state index in [-0.39, 0.29) is 0 Å². The van der Waals surface area contributed by atoms with E-state index in [2.05, 4.69) is 16.5 Å². The highest BCUT2D eigenvalue weighted by Gasteiger charge is 2.56. The van der Waals surface area contributed by atoms with Crippen LogP contribution in [0.3, 0.4) is 0 Å². The van der Waals surface area contributed by atoms with E-state index in [1.807, 2.05) is 6.92 Å². The normalized spacial score (nSPS) is 29.4. The largest absolute Gasteiger partial charge is 0.361 e. The second kappa shape index (κ2) is 2.83. The molecule has 1 saturated heterocycles. The Morgan fingerprint density at radius 1 is 1.50 bits per heavy atom. The van der Waals surface area contributed by atoms with Gasteiger partial charge in [0.25, 0.3) is 0 Å². The molecule has 0 aromatic carbocycles. The third-order valence-electron chi connectivity index (χ3n) is 3.78. The van der Waals surface area contributed by atoms with E-state index in [1.165, 1.54) is 32.4 Å². The van der Waals surface area contributed by atoms with Crippen molar-refractivity contribution in [3.05, 3.63) is 17.5 Å². The number of nitrogens with one attached hydrogen (secondary N) is 1. The van der Waals surface area contributed by atoms with Crippen molar-refractivity contribution in [3.63, 3.8) is 0 Å². The van der Waals surface area contributed by atoms with Crippen molar-refractivity contribution in [2.75, 3.05) is 13.1 Å². The van der Waals surface area contributed by atoms with Crippen LogP contribution in [0.15, 0.2) is 10.6 Å². The minimum atomic E-state index is 0.567. The minimum absolute atomic E-state index is 0.567. The van der Waals surface area contributed by atoms with E-state index in [1.54, 1.807) is 0 Å². The first kappa shape index (κ1) is 8.48. The van der Waals surface area contributed by atoms with E-state index in [0.717, 1.165) is 11.5 Å². The monoisotopic (exact) mass is 192 g/mol. The zero-order chi connectivity index (χ0) is 9.60. The van der Waals surface area contributed by atoms with Gasteiger partial charge in [0.2, 0.25) is 0 Å². The molecule has 2 heterocycles. The van der Waals surface area contributed by atoms with Gasteiger partial charge in [0.1, 0.15) is 5.76 Å². The van der Waals surface area contributed by atoms with E-state index in [0.29, 0.717) is 11.3 Å². The number of aromatic nitrogens is 1. The highest BCUT2D eigenvalue weighted by Crippen LogP contribution is 2.64. The smallest absolute Gasteiger partial charge is 0.140 e. The van der Waals surface area contributed by atoms with Crippen LogP contribution in [0.4, 0.5) is 0 Å². The van der Waals surface area contributed by atoms with Crippen LogP contribution in [0, 0.1) is 12.3 Å². The quantitative estimate of drug-likeness (QED) is 0.737. The van der Waals surface area contributed by atoms with Crippen molar-refractivity contribution in [1.29, 1.82) is 0 Å². The van der Waals surface area contributed by atoms with E-state index < -0.39 is 0 Å². The third kappa shape index (κ3) is 1.19. The van der Waals surface area contributed by atoms with Crippen LogP contribution in [0.25, 0.3) is 0 Å². The standard InChI is InChI=1S/C11H16N2O/c1-8-6-10(14-13-8)9-7-11(9)2-4-12-5-3-11/h6,9,12H,2-5,7H2,1H3. The Hall–Kier alpha value is -0.830. The molecule has 3 rings (SSSR count). The summed E-state index contributed by atoms with van der Waals surface area (Å²) >= 11 is 0. The van der Waals surface area contributed by atoms with E-state index >= 15 is 0 Å². The lowest BCUT2D eigenvalue weighted by molar-refractivity contribution is 0.314. The molecule has 1 unspecified atom stereocenters. The van der Waals surface area contributed by atoms with Crippen molar-refractivity contribution in [3.8, 4) is 0 Å². The molecule has 1 aromatic heterocycles. The lowest BCUT2D eigenvalue weighted by Gasteiger charge is -2.22. The summed E-state index contributed by atoms with van der Waals surface area (Å²) in [6, 6.07) is 2.10. The Kier molecular flexibility index (Phi) is 1.71. The lowest BCUT2D eigenvalue weighted by Crippen LogP contribution is -2.29. The lowest BCUT2D eigenvalue weighted by atomic mass is 9.91. The molecule has 1 aliphatic heterocycles. The number of nitrogens with zero attached hydrogens (tertiary/aromatic N) is 1. The van der Waals surface area contributed by atoms with Gasteiger partial charge in [0.05, 0.1) is 5.69 Å². The number of aryl methyl sites for hydroxylation is 1. The van der Waals surface area contributed by atoms with Crippen LogP contribution in [0.2, 0.25) is 0 Å².